The van der Waals surface area contributed by atoms with E-state index in [1.54, 1.807) is 30.5 Å². The number of rotatable bonds is 4. The zero-order chi connectivity index (χ0) is 16.9. The van der Waals surface area contributed by atoms with E-state index < -0.39 is 6.04 Å². The van der Waals surface area contributed by atoms with Crippen LogP contribution in [0.3, 0.4) is 0 Å². The van der Waals surface area contributed by atoms with Gasteiger partial charge < -0.3 is 10.6 Å². The topological polar surface area (TPSA) is 71.1 Å². The number of nitrogens with zero attached hydrogens (tertiary/aromatic N) is 1. The molecule has 2 N–H and O–H groups in total. The fourth-order valence-electron chi connectivity index (χ4n) is 2.72. The van der Waals surface area contributed by atoms with Crippen LogP contribution in [0.1, 0.15) is 34.3 Å². The van der Waals surface area contributed by atoms with Crippen LogP contribution in [0, 0.1) is 5.82 Å². The van der Waals surface area contributed by atoms with Gasteiger partial charge in [-0.05, 0) is 36.1 Å². The third kappa shape index (κ3) is 3.76. The van der Waals surface area contributed by atoms with E-state index in [1.165, 1.54) is 12.3 Å². The molecule has 1 saturated heterocycles. The number of hydrogen-bond acceptors (Lipinski definition) is 3. The predicted octanol–water partition coefficient (Wildman–Crippen LogP) is 1.82. The van der Waals surface area contributed by atoms with Gasteiger partial charge in [0.25, 0.3) is 5.91 Å². The number of nitrogens with one attached hydrogen (secondary N) is 2. The Morgan fingerprint density at radius 1 is 1.33 bits per heavy atom. The Morgan fingerprint density at radius 3 is 2.96 bits per heavy atom. The molecule has 24 heavy (non-hydrogen) atoms. The van der Waals surface area contributed by atoms with Gasteiger partial charge in [0.2, 0.25) is 5.91 Å². The van der Waals surface area contributed by atoms with E-state index in [2.05, 4.69) is 15.6 Å². The third-order valence-corrected chi connectivity index (χ3v) is 4.00. The Hall–Kier alpha value is -2.76. The van der Waals surface area contributed by atoms with Gasteiger partial charge >= 0.3 is 0 Å². The molecule has 6 heteroatoms. The number of hydrogen-bond donors (Lipinski definition) is 2. The maximum absolute atomic E-state index is 13.7. The van der Waals surface area contributed by atoms with Gasteiger partial charge in [-0.25, -0.2) is 4.39 Å². The van der Waals surface area contributed by atoms with Crippen LogP contribution in [0.4, 0.5) is 4.39 Å². The van der Waals surface area contributed by atoms with E-state index >= 15 is 0 Å². The molecule has 5 nitrogen and oxygen atoms in total. The summed E-state index contributed by atoms with van der Waals surface area (Å²) in [6.45, 7) is 0.644. The average molecular weight is 327 g/mol. The van der Waals surface area contributed by atoms with Crippen LogP contribution in [0.5, 0.6) is 0 Å². The summed E-state index contributed by atoms with van der Waals surface area (Å²) in [6.07, 6.45) is 4.87. The smallest absolute Gasteiger partial charge is 0.253 e. The molecule has 2 amide bonds. The summed E-state index contributed by atoms with van der Waals surface area (Å²) in [5.41, 5.74) is 1.64. The minimum Gasteiger partial charge on any atom is -0.354 e. The molecule has 0 bridgehead atoms. The van der Waals surface area contributed by atoms with E-state index in [0.29, 0.717) is 30.5 Å². The molecule has 0 radical (unpaired) electrons. The van der Waals surface area contributed by atoms with Gasteiger partial charge in [-0.3, -0.25) is 14.6 Å². The maximum Gasteiger partial charge on any atom is 0.253 e. The number of piperidine rings is 1. The minimum atomic E-state index is -0.513. The molecule has 3 rings (SSSR count). The molecule has 124 valence electrons. The van der Waals surface area contributed by atoms with Crippen molar-refractivity contribution in [2.24, 2.45) is 0 Å². The first kappa shape index (κ1) is 16.1. The lowest BCUT2D eigenvalue weighted by Crippen LogP contribution is -2.50. The highest BCUT2D eigenvalue weighted by atomic mass is 19.1. The largest absolute Gasteiger partial charge is 0.354 e. The SMILES string of the molecule is O=C(N[C@H]1CCCNC1=O)c1cncc(Cc2ccccc2F)c1. The summed E-state index contributed by atoms with van der Waals surface area (Å²) in [4.78, 5) is 28.1. The van der Waals surface area contributed by atoms with Gasteiger partial charge in [-0.15, -0.1) is 0 Å². The van der Waals surface area contributed by atoms with E-state index in [-0.39, 0.29) is 17.6 Å². The quantitative estimate of drug-likeness (QED) is 0.900. The number of aromatic nitrogens is 1. The molecule has 1 aliphatic rings. The summed E-state index contributed by atoms with van der Waals surface area (Å²) in [6, 6.07) is 7.67. The van der Waals surface area contributed by atoms with E-state index in [4.69, 9.17) is 0 Å². The van der Waals surface area contributed by atoms with Crippen molar-refractivity contribution in [3.05, 3.63) is 65.2 Å². The number of carbonyl (C=O) groups is 2. The van der Waals surface area contributed by atoms with Crippen molar-refractivity contribution in [2.75, 3.05) is 6.54 Å². The van der Waals surface area contributed by atoms with E-state index in [9.17, 15) is 14.0 Å². The van der Waals surface area contributed by atoms with Crippen LogP contribution in [0.15, 0.2) is 42.7 Å². The Morgan fingerprint density at radius 2 is 2.17 bits per heavy atom. The molecule has 1 aliphatic heterocycles. The second-order valence-electron chi connectivity index (χ2n) is 5.81. The Bertz CT molecular complexity index is 763. The monoisotopic (exact) mass is 327 g/mol. The number of amides is 2. The maximum atomic E-state index is 13.7. The first-order valence-corrected chi connectivity index (χ1v) is 7.89. The first-order chi connectivity index (χ1) is 11.6. The molecule has 1 fully saturated rings. The first-order valence-electron chi connectivity index (χ1n) is 7.89. The summed E-state index contributed by atoms with van der Waals surface area (Å²) in [5.74, 6) is -0.795. The highest BCUT2D eigenvalue weighted by Gasteiger charge is 2.24. The minimum absolute atomic E-state index is 0.162. The Labute approximate surface area is 139 Å². The van der Waals surface area contributed by atoms with Crippen LogP contribution < -0.4 is 10.6 Å². The molecule has 2 heterocycles. The molecule has 0 aliphatic carbocycles. The zero-order valence-electron chi connectivity index (χ0n) is 13.1. The Kier molecular flexibility index (Phi) is 4.84. The lowest BCUT2D eigenvalue weighted by atomic mass is 10.0. The van der Waals surface area contributed by atoms with Crippen molar-refractivity contribution in [1.82, 2.24) is 15.6 Å². The zero-order valence-corrected chi connectivity index (χ0v) is 13.1. The lowest BCUT2D eigenvalue weighted by molar-refractivity contribution is -0.124. The number of carbonyl (C=O) groups excluding carboxylic acids is 2. The highest BCUT2D eigenvalue weighted by molar-refractivity contribution is 5.97. The highest BCUT2D eigenvalue weighted by Crippen LogP contribution is 2.14. The normalized spacial score (nSPS) is 17.2. The molecule has 0 spiro atoms. The number of benzene rings is 1. The van der Waals surface area contributed by atoms with E-state index in [1.807, 2.05) is 0 Å². The van der Waals surface area contributed by atoms with Gasteiger partial charge in [-0.2, -0.15) is 0 Å². The summed E-state index contributed by atoms with van der Waals surface area (Å²) >= 11 is 0. The van der Waals surface area contributed by atoms with Crippen molar-refractivity contribution in [3.8, 4) is 0 Å². The molecule has 1 aromatic heterocycles. The van der Waals surface area contributed by atoms with Crippen LogP contribution in [-0.2, 0) is 11.2 Å². The van der Waals surface area contributed by atoms with Crippen molar-refractivity contribution < 1.29 is 14.0 Å². The molecule has 0 saturated carbocycles. The fourth-order valence-corrected chi connectivity index (χ4v) is 2.72. The standard InChI is InChI=1S/C18H18FN3O2/c19-15-5-2-1-4-13(15)8-12-9-14(11-20-10-12)17(23)22-16-6-3-7-21-18(16)24/h1-2,4-5,9-11,16H,3,6-8H2,(H,21,24)(H,22,23)/t16-/m0/s1. The number of halogens is 1. The Balaban J connectivity index is 1.71. The third-order valence-electron chi connectivity index (χ3n) is 4.00. The second kappa shape index (κ2) is 7.21. The molecular formula is C18H18FN3O2. The molecule has 1 aromatic carbocycles. The lowest BCUT2D eigenvalue weighted by Gasteiger charge is -2.22. The molecule has 2 aromatic rings. The van der Waals surface area contributed by atoms with Gasteiger partial charge in [0.15, 0.2) is 0 Å². The van der Waals surface area contributed by atoms with Gasteiger partial charge in [0.05, 0.1) is 5.56 Å². The van der Waals surface area contributed by atoms with Gasteiger partial charge in [0.1, 0.15) is 11.9 Å². The van der Waals surface area contributed by atoms with Crippen LogP contribution in [0.25, 0.3) is 0 Å². The van der Waals surface area contributed by atoms with Crippen LogP contribution in [0.2, 0.25) is 0 Å². The van der Waals surface area contributed by atoms with Crippen LogP contribution >= 0.6 is 0 Å². The molecular weight excluding hydrogens is 309 g/mol. The summed E-state index contributed by atoms with van der Waals surface area (Å²) < 4.78 is 13.7. The van der Waals surface area contributed by atoms with Crippen LogP contribution in [-0.4, -0.2) is 29.4 Å². The van der Waals surface area contributed by atoms with Gasteiger partial charge in [-0.1, -0.05) is 18.2 Å². The number of pyridine rings is 1. The molecule has 0 unspecified atom stereocenters. The van der Waals surface area contributed by atoms with Crippen molar-refractivity contribution in [3.63, 3.8) is 0 Å². The van der Waals surface area contributed by atoms with Gasteiger partial charge in [0, 0.05) is 25.4 Å². The summed E-state index contributed by atoms with van der Waals surface area (Å²) in [5, 5.41) is 5.45. The molecule has 1 atom stereocenters. The van der Waals surface area contributed by atoms with E-state index in [0.717, 1.165) is 12.0 Å². The second-order valence-corrected chi connectivity index (χ2v) is 5.81. The average Bonchev–Trinajstić information content (AvgIpc) is 2.59. The van der Waals surface area contributed by atoms with Crippen molar-refractivity contribution >= 4 is 11.8 Å². The van der Waals surface area contributed by atoms with Crippen molar-refractivity contribution in [2.45, 2.75) is 25.3 Å². The summed E-state index contributed by atoms with van der Waals surface area (Å²) in [7, 11) is 0. The fraction of sp³-hybridized carbons (Fsp3) is 0.278. The predicted molar refractivity (Wildman–Crippen MR) is 86.9 cm³/mol. The van der Waals surface area contributed by atoms with Crippen molar-refractivity contribution in [1.29, 1.82) is 0 Å².